The van der Waals surface area contributed by atoms with E-state index in [4.69, 9.17) is 11.6 Å². The van der Waals surface area contributed by atoms with E-state index in [1.54, 1.807) is 6.07 Å². The molecule has 1 heterocycles. The molecule has 1 aliphatic heterocycles. The van der Waals surface area contributed by atoms with Crippen LogP contribution in [0, 0.1) is 5.92 Å². The van der Waals surface area contributed by atoms with E-state index in [9.17, 15) is 4.79 Å². The number of carbonyl (C=O) groups is 1. The van der Waals surface area contributed by atoms with E-state index in [2.05, 4.69) is 15.6 Å². The highest BCUT2D eigenvalue weighted by Crippen LogP contribution is 2.21. The van der Waals surface area contributed by atoms with Gasteiger partial charge in [-0.25, -0.2) is 4.99 Å². The zero-order valence-corrected chi connectivity index (χ0v) is 10.5. The van der Waals surface area contributed by atoms with Gasteiger partial charge in [0.2, 0.25) is 5.96 Å². The van der Waals surface area contributed by atoms with Crippen molar-refractivity contribution in [2.75, 3.05) is 5.32 Å². The largest absolute Gasteiger partial charge is 0.325 e. The topological polar surface area (TPSA) is 53.5 Å². The molecule has 2 N–H and O–H groups in total. The maximum Gasteiger partial charge on any atom is 0.251 e. The van der Waals surface area contributed by atoms with Crippen LogP contribution in [0.2, 0.25) is 5.02 Å². The van der Waals surface area contributed by atoms with Crippen molar-refractivity contribution in [3.8, 4) is 0 Å². The normalized spacial score (nSPS) is 19.2. The highest BCUT2D eigenvalue weighted by atomic mass is 35.5. The van der Waals surface area contributed by atoms with Gasteiger partial charge in [-0.3, -0.25) is 10.1 Å². The van der Waals surface area contributed by atoms with Crippen molar-refractivity contribution in [3.63, 3.8) is 0 Å². The molecule has 0 fully saturated rings. The Kier molecular flexibility index (Phi) is 3.33. The number of anilines is 1. The van der Waals surface area contributed by atoms with Crippen molar-refractivity contribution in [3.05, 3.63) is 29.3 Å². The van der Waals surface area contributed by atoms with Crippen LogP contribution in [0.4, 0.5) is 5.69 Å². The molecule has 2 rings (SSSR count). The number of aliphatic imine (C=N–C) groups is 1. The number of benzene rings is 1. The van der Waals surface area contributed by atoms with Gasteiger partial charge in [-0.1, -0.05) is 37.6 Å². The zero-order chi connectivity index (χ0) is 12.4. The molecule has 1 aromatic rings. The number of para-hydroxylation sites is 1. The number of nitrogens with one attached hydrogen (secondary N) is 2. The van der Waals surface area contributed by atoms with Crippen LogP contribution >= 0.6 is 11.6 Å². The predicted molar refractivity (Wildman–Crippen MR) is 69.3 cm³/mol. The van der Waals surface area contributed by atoms with Gasteiger partial charge in [0.15, 0.2) is 0 Å². The Morgan fingerprint density at radius 3 is 2.71 bits per heavy atom. The number of hydrogen-bond donors (Lipinski definition) is 2. The summed E-state index contributed by atoms with van der Waals surface area (Å²) in [6.07, 6.45) is 0. The van der Waals surface area contributed by atoms with Crippen LogP contribution in [0.1, 0.15) is 13.8 Å². The van der Waals surface area contributed by atoms with Crippen LogP contribution in [0.25, 0.3) is 0 Å². The summed E-state index contributed by atoms with van der Waals surface area (Å²) in [6, 6.07) is 7.01. The molecule has 5 heteroatoms. The van der Waals surface area contributed by atoms with Crippen molar-refractivity contribution in [1.82, 2.24) is 5.32 Å². The molecule has 0 bridgehead atoms. The monoisotopic (exact) mass is 251 g/mol. The van der Waals surface area contributed by atoms with E-state index < -0.39 is 0 Å². The molecular formula is C12H14ClN3O. The maximum absolute atomic E-state index is 11.6. The van der Waals surface area contributed by atoms with Crippen LogP contribution in [-0.4, -0.2) is 17.9 Å². The molecule has 1 unspecified atom stereocenters. The van der Waals surface area contributed by atoms with Crippen LogP contribution in [0.5, 0.6) is 0 Å². The number of halogens is 1. The van der Waals surface area contributed by atoms with Crippen molar-refractivity contribution in [2.24, 2.45) is 10.9 Å². The minimum Gasteiger partial charge on any atom is -0.325 e. The fraction of sp³-hybridized carbons (Fsp3) is 0.333. The molecule has 17 heavy (non-hydrogen) atoms. The van der Waals surface area contributed by atoms with Crippen LogP contribution in [-0.2, 0) is 4.79 Å². The SMILES string of the molecule is CC(C)C1N=C(Nc2ccccc2Cl)NC1=O. The molecule has 1 atom stereocenters. The fourth-order valence-electron chi connectivity index (χ4n) is 1.63. The van der Waals surface area contributed by atoms with E-state index >= 15 is 0 Å². The Morgan fingerprint density at radius 1 is 1.41 bits per heavy atom. The first-order valence-corrected chi connectivity index (χ1v) is 5.86. The Labute approximate surface area is 105 Å². The third-order valence-corrected chi connectivity index (χ3v) is 2.87. The first kappa shape index (κ1) is 11.9. The van der Waals surface area contributed by atoms with Gasteiger partial charge in [-0.2, -0.15) is 0 Å². The van der Waals surface area contributed by atoms with E-state index in [1.165, 1.54) is 0 Å². The van der Waals surface area contributed by atoms with E-state index in [-0.39, 0.29) is 17.9 Å². The maximum atomic E-state index is 11.6. The van der Waals surface area contributed by atoms with Crippen LogP contribution in [0.3, 0.4) is 0 Å². The Bertz CT molecular complexity index is 471. The molecule has 0 aliphatic carbocycles. The molecule has 0 radical (unpaired) electrons. The molecule has 0 spiro atoms. The standard InChI is InChI=1S/C12H14ClN3O/c1-7(2)10-11(17)16-12(15-10)14-9-6-4-3-5-8(9)13/h3-7,10H,1-2H3,(H2,14,15,16,17). The minimum absolute atomic E-state index is 0.0745. The highest BCUT2D eigenvalue weighted by molar-refractivity contribution is 6.33. The molecule has 0 aromatic heterocycles. The quantitative estimate of drug-likeness (QED) is 0.847. The Hall–Kier alpha value is -1.55. The molecule has 0 saturated heterocycles. The second-order valence-electron chi connectivity index (χ2n) is 4.26. The number of hydrogen-bond acceptors (Lipinski definition) is 3. The van der Waals surface area contributed by atoms with Crippen molar-refractivity contribution in [2.45, 2.75) is 19.9 Å². The van der Waals surface area contributed by atoms with Crippen LogP contribution < -0.4 is 10.6 Å². The lowest BCUT2D eigenvalue weighted by Gasteiger charge is -2.06. The molecule has 1 aliphatic rings. The number of carbonyl (C=O) groups excluding carboxylic acids is 1. The Balaban J connectivity index is 2.14. The van der Waals surface area contributed by atoms with Gasteiger partial charge in [0.1, 0.15) is 6.04 Å². The summed E-state index contributed by atoms with van der Waals surface area (Å²) in [7, 11) is 0. The lowest BCUT2D eigenvalue weighted by molar-refractivity contribution is -0.120. The third-order valence-electron chi connectivity index (χ3n) is 2.54. The summed E-state index contributed by atoms with van der Waals surface area (Å²) in [5, 5.41) is 6.31. The van der Waals surface area contributed by atoms with Crippen molar-refractivity contribution >= 4 is 29.2 Å². The molecule has 0 saturated carbocycles. The van der Waals surface area contributed by atoms with Gasteiger partial charge >= 0.3 is 0 Å². The smallest absolute Gasteiger partial charge is 0.251 e. The highest BCUT2D eigenvalue weighted by Gasteiger charge is 2.28. The predicted octanol–water partition coefficient (Wildman–Crippen LogP) is 2.26. The van der Waals surface area contributed by atoms with Gasteiger partial charge < -0.3 is 5.32 Å². The third kappa shape index (κ3) is 2.58. The molecule has 4 nitrogen and oxygen atoms in total. The summed E-state index contributed by atoms with van der Waals surface area (Å²) >= 11 is 6.01. The first-order chi connectivity index (χ1) is 8.08. The van der Waals surface area contributed by atoms with Gasteiger partial charge in [-0.15, -0.1) is 0 Å². The van der Waals surface area contributed by atoms with Crippen LogP contribution in [0.15, 0.2) is 29.3 Å². The number of amides is 1. The molecule has 1 aromatic carbocycles. The number of rotatable bonds is 2. The van der Waals surface area contributed by atoms with E-state index in [0.717, 1.165) is 5.69 Å². The summed E-state index contributed by atoms with van der Waals surface area (Å²) in [5.74, 6) is 0.567. The lowest BCUT2D eigenvalue weighted by Crippen LogP contribution is -2.34. The fourth-order valence-corrected chi connectivity index (χ4v) is 1.81. The van der Waals surface area contributed by atoms with Crippen molar-refractivity contribution in [1.29, 1.82) is 0 Å². The second-order valence-corrected chi connectivity index (χ2v) is 4.67. The average molecular weight is 252 g/mol. The molecule has 1 amide bonds. The number of guanidine groups is 1. The summed E-state index contributed by atoms with van der Waals surface area (Å²) in [6.45, 7) is 3.93. The van der Waals surface area contributed by atoms with Gasteiger partial charge in [0, 0.05) is 0 Å². The first-order valence-electron chi connectivity index (χ1n) is 5.48. The minimum atomic E-state index is -0.319. The second kappa shape index (κ2) is 4.75. The van der Waals surface area contributed by atoms with Gasteiger partial charge in [0.25, 0.3) is 5.91 Å². The zero-order valence-electron chi connectivity index (χ0n) is 9.70. The van der Waals surface area contributed by atoms with Gasteiger partial charge in [-0.05, 0) is 18.1 Å². The summed E-state index contributed by atoms with van der Waals surface area (Å²) < 4.78 is 0. The summed E-state index contributed by atoms with van der Waals surface area (Å²) in [5.41, 5.74) is 0.734. The molecule has 90 valence electrons. The van der Waals surface area contributed by atoms with E-state index in [1.807, 2.05) is 32.0 Å². The average Bonchev–Trinajstić information content (AvgIpc) is 2.63. The van der Waals surface area contributed by atoms with Gasteiger partial charge in [0.05, 0.1) is 10.7 Å². The number of nitrogens with zero attached hydrogens (tertiary/aromatic N) is 1. The Morgan fingerprint density at radius 2 is 2.12 bits per heavy atom. The lowest BCUT2D eigenvalue weighted by atomic mass is 10.1. The summed E-state index contributed by atoms with van der Waals surface area (Å²) in [4.78, 5) is 15.9. The molecular weight excluding hydrogens is 238 g/mol. The van der Waals surface area contributed by atoms with E-state index in [0.29, 0.717) is 11.0 Å². The van der Waals surface area contributed by atoms with Crippen molar-refractivity contribution < 1.29 is 4.79 Å².